The summed E-state index contributed by atoms with van der Waals surface area (Å²) in [5.41, 5.74) is 1.02. The van der Waals surface area contributed by atoms with E-state index in [1.807, 2.05) is 19.9 Å². The van der Waals surface area contributed by atoms with Crippen LogP contribution in [0.1, 0.15) is 56.8 Å². The van der Waals surface area contributed by atoms with E-state index in [4.69, 9.17) is 4.74 Å². The molecule has 0 bridgehead atoms. The van der Waals surface area contributed by atoms with Crippen molar-refractivity contribution in [1.29, 1.82) is 0 Å². The van der Waals surface area contributed by atoms with Gasteiger partial charge in [0.1, 0.15) is 17.2 Å². The minimum atomic E-state index is -0.577. The van der Waals surface area contributed by atoms with Crippen LogP contribution in [0.15, 0.2) is 24.3 Å². The van der Waals surface area contributed by atoms with Crippen molar-refractivity contribution in [2.24, 2.45) is 5.92 Å². The van der Waals surface area contributed by atoms with Gasteiger partial charge < -0.3 is 14.9 Å². The number of aromatic hydroxyl groups is 2. The lowest BCUT2D eigenvalue weighted by Crippen LogP contribution is -2.22. The second-order valence-corrected chi connectivity index (χ2v) is 6.73. The van der Waals surface area contributed by atoms with Crippen LogP contribution in [0.25, 0.3) is 6.08 Å². The Balaban J connectivity index is 2.31. The third-order valence-corrected chi connectivity index (χ3v) is 4.38. The number of phenols is 2. The summed E-state index contributed by atoms with van der Waals surface area (Å²) < 4.78 is 5.32. The molecule has 0 aromatic heterocycles. The molecule has 0 atom stereocenters. The molecule has 5 nitrogen and oxygen atoms in total. The Hall–Kier alpha value is -3.08. The van der Waals surface area contributed by atoms with Crippen molar-refractivity contribution in [1.82, 2.24) is 0 Å². The number of hydrogen-bond donors (Lipinski definition) is 2. The maximum atomic E-state index is 13.0. The molecule has 0 saturated heterocycles. The molecule has 2 aromatic carbocycles. The van der Waals surface area contributed by atoms with Gasteiger partial charge in [-0.3, -0.25) is 9.59 Å². The summed E-state index contributed by atoms with van der Waals surface area (Å²) in [7, 11) is 1.44. The molecule has 134 valence electrons. The van der Waals surface area contributed by atoms with Crippen molar-refractivity contribution in [3.8, 4) is 17.2 Å². The number of ether oxygens (including phenoxy) is 1. The fraction of sp³-hybridized carbons (Fsp3) is 0.238. The first kappa shape index (κ1) is 17.7. The molecule has 0 saturated carbocycles. The summed E-state index contributed by atoms with van der Waals surface area (Å²) in [6.07, 6.45) is 3.52. The van der Waals surface area contributed by atoms with Gasteiger partial charge in [-0.1, -0.05) is 26.0 Å². The average Bonchev–Trinajstić information content (AvgIpc) is 2.56. The number of fused-ring (bicyclic) bond motifs is 2. The fourth-order valence-electron chi connectivity index (χ4n) is 3.14. The lowest BCUT2D eigenvalue weighted by atomic mass is 9.81. The van der Waals surface area contributed by atoms with Gasteiger partial charge in [0.25, 0.3) is 0 Å². The Labute approximate surface area is 151 Å². The summed E-state index contributed by atoms with van der Waals surface area (Å²) >= 11 is 0. The van der Waals surface area contributed by atoms with E-state index >= 15 is 0 Å². The number of methoxy groups -OCH3 is 1. The van der Waals surface area contributed by atoms with Gasteiger partial charge in [0, 0.05) is 11.1 Å². The molecule has 1 aliphatic carbocycles. The van der Waals surface area contributed by atoms with Crippen molar-refractivity contribution in [2.75, 3.05) is 7.11 Å². The Morgan fingerprint density at radius 2 is 1.65 bits per heavy atom. The van der Waals surface area contributed by atoms with Crippen molar-refractivity contribution in [3.63, 3.8) is 0 Å². The number of aryl methyl sites for hydroxylation is 1. The van der Waals surface area contributed by atoms with Gasteiger partial charge in [0.15, 0.2) is 5.78 Å². The zero-order valence-electron chi connectivity index (χ0n) is 15.1. The normalized spacial score (nSPS) is 13.3. The third kappa shape index (κ3) is 2.65. The second kappa shape index (κ2) is 6.33. The highest BCUT2D eigenvalue weighted by Crippen LogP contribution is 2.42. The van der Waals surface area contributed by atoms with E-state index in [1.54, 1.807) is 19.1 Å². The maximum Gasteiger partial charge on any atom is 0.201 e. The van der Waals surface area contributed by atoms with E-state index in [0.29, 0.717) is 16.9 Å². The molecule has 0 spiro atoms. The highest BCUT2D eigenvalue weighted by Gasteiger charge is 2.36. The Morgan fingerprint density at radius 1 is 1.00 bits per heavy atom. The molecule has 1 aliphatic rings. The predicted molar refractivity (Wildman–Crippen MR) is 98.2 cm³/mol. The number of hydrogen-bond acceptors (Lipinski definition) is 5. The minimum Gasteiger partial charge on any atom is -0.507 e. The summed E-state index contributed by atoms with van der Waals surface area (Å²) in [5, 5.41) is 20.9. The highest BCUT2D eigenvalue weighted by atomic mass is 16.5. The lowest BCUT2D eigenvalue weighted by Gasteiger charge is -2.22. The zero-order valence-corrected chi connectivity index (χ0v) is 15.1. The van der Waals surface area contributed by atoms with E-state index in [-0.39, 0.29) is 39.7 Å². The molecular weight excluding hydrogens is 332 g/mol. The molecule has 0 heterocycles. The molecule has 0 aliphatic heterocycles. The number of benzene rings is 2. The van der Waals surface area contributed by atoms with Crippen molar-refractivity contribution in [2.45, 2.75) is 20.8 Å². The molecule has 2 aromatic rings. The fourth-order valence-corrected chi connectivity index (χ4v) is 3.14. The Bertz CT molecular complexity index is 967. The van der Waals surface area contributed by atoms with Crippen LogP contribution in [0.3, 0.4) is 0 Å². The van der Waals surface area contributed by atoms with Gasteiger partial charge in [-0.05, 0) is 36.6 Å². The van der Waals surface area contributed by atoms with E-state index < -0.39 is 11.6 Å². The molecular formula is C21H20O5. The monoisotopic (exact) mass is 352 g/mol. The van der Waals surface area contributed by atoms with Gasteiger partial charge in [-0.15, -0.1) is 0 Å². The molecule has 0 radical (unpaired) electrons. The summed E-state index contributed by atoms with van der Waals surface area (Å²) in [4.78, 5) is 25.9. The van der Waals surface area contributed by atoms with Crippen LogP contribution >= 0.6 is 0 Å². The van der Waals surface area contributed by atoms with Crippen molar-refractivity contribution in [3.05, 3.63) is 57.7 Å². The van der Waals surface area contributed by atoms with Gasteiger partial charge >= 0.3 is 0 Å². The standard InChI is InChI=1S/C21H20O5/c1-10(2)5-6-12-16(26-4)9-14-18(20(12)24)21(25)17-13(19(14)23)7-11(3)8-15(17)22/h5-10,22,24H,1-4H3. The van der Waals surface area contributed by atoms with Gasteiger partial charge in [0.05, 0.1) is 23.8 Å². The third-order valence-electron chi connectivity index (χ3n) is 4.38. The summed E-state index contributed by atoms with van der Waals surface area (Å²) in [6, 6.07) is 4.46. The second-order valence-electron chi connectivity index (χ2n) is 6.73. The molecule has 0 unspecified atom stereocenters. The number of allylic oxidation sites excluding steroid dienone is 1. The van der Waals surface area contributed by atoms with E-state index in [0.717, 1.165) is 0 Å². The molecule has 0 amide bonds. The van der Waals surface area contributed by atoms with Gasteiger partial charge in [0.2, 0.25) is 5.78 Å². The van der Waals surface area contributed by atoms with Crippen LogP contribution in [-0.2, 0) is 0 Å². The maximum absolute atomic E-state index is 13.0. The van der Waals surface area contributed by atoms with E-state index in [2.05, 4.69) is 0 Å². The number of carbonyl (C=O) groups excluding carboxylic acids is 2. The number of phenolic OH excluding ortho intramolecular Hbond substituents is 2. The summed E-state index contributed by atoms with van der Waals surface area (Å²) in [6.45, 7) is 5.68. The Kier molecular flexibility index (Phi) is 4.32. The van der Waals surface area contributed by atoms with Crippen LogP contribution in [0, 0.1) is 12.8 Å². The summed E-state index contributed by atoms with van der Waals surface area (Å²) in [5.74, 6) is -1.06. The molecule has 0 fully saturated rings. The van der Waals surface area contributed by atoms with E-state index in [1.165, 1.54) is 19.2 Å². The molecule has 26 heavy (non-hydrogen) atoms. The minimum absolute atomic E-state index is 0.0727. The van der Waals surface area contributed by atoms with Crippen molar-refractivity contribution < 1.29 is 24.5 Å². The van der Waals surface area contributed by atoms with Crippen LogP contribution in [0.5, 0.6) is 17.2 Å². The number of ketones is 2. The average molecular weight is 352 g/mol. The van der Waals surface area contributed by atoms with Gasteiger partial charge in [-0.25, -0.2) is 0 Å². The number of rotatable bonds is 3. The van der Waals surface area contributed by atoms with Crippen LogP contribution < -0.4 is 4.74 Å². The topological polar surface area (TPSA) is 83.8 Å². The van der Waals surface area contributed by atoms with Crippen molar-refractivity contribution >= 4 is 17.6 Å². The first-order valence-corrected chi connectivity index (χ1v) is 8.31. The lowest BCUT2D eigenvalue weighted by molar-refractivity contribution is 0.0974. The van der Waals surface area contributed by atoms with E-state index in [9.17, 15) is 19.8 Å². The highest BCUT2D eigenvalue weighted by molar-refractivity contribution is 6.30. The van der Waals surface area contributed by atoms with Gasteiger partial charge in [-0.2, -0.15) is 0 Å². The molecule has 5 heteroatoms. The van der Waals surface area contributed by atoms with Crippen LogP contribution in [0.2, 0.25) is 0 Å². The quantitative estimate of drug-likeness (QED) is 0.748. The molecule has 3 rings (SSSR count). The van der Waals surface area contributed by atoms with Crippen LogP contribution in [-0.4, -0.2) is 28.9 Å². The largest absolute Gasteiger partial charge is 0.507 e. The first-order chi connectivity index (χ1) is 12.3. The SMILES string of the molecule is COc1cc2c(c(O)c1C=CC(C)C)C(=O)c1c(O)cc(C)cc1C2=O. The zero-order chi connectivity index (χ0) is 19.2. The predicted octanol–water partition coefficient (Wildman–Crippen LogP) is 3.86. The van der Waals surface area contributed by atoms with Crippen LogP contribution in [0.4, 0.5) is 0 Å². The first-order valence-electron chi connectivity index (χ1n) is 8.31. The number of carbonyl (C=O) groups is 2. The smallest absolute Gasteiger partial charge is 0.201 e. The molecule has 2 N–H and O–H groups in total. The Morgan fingerprint density at radius 3 is 2.27 bits per heavy atom.